The molecule has 1 N–H and O–H groups in total. The van der Waals surface area contributed by atoms with Crippen molar-refractivity contribution in [3.63, 3.8) is 0 Å². The highest BCUT2D eigenvalue weighted by Gasteiger charge is 2.55. The number of nitrogens with zero attached hydrogens (tertiary/aromatic N) is 2. The second-order valence-electron chi connectivity index (χ2n) is 8.94. The van der Waals surface area contributed by atoms with Gasteiger partial charge in [-0.2, -0.15) is 0 Å². The average molecular weight is 414 g/mol. The van der Waals surface area contributed by atoms with Gasteiger partial charge in [0.05, 0.1) is 11.5 Å². The number of urea groups is 1. The second-order valence-corrected chi connectivity index (χ2v) is 11.2. The minimum atomic E-state index is -3.14. The summed E-state index contributed by atoms with van der Waals surface area (Å²) in [6, 6.07) is -0.904. The van der Waals surface area contributed by atoms with Gasteiger partial charge in [0.15, 0.2) is 9.84 Å². The van der Waals surface area contributed by atoms with E-state index in [9.17, 15) is 22.8 Å². The van der Waals surface area contributed by atoms with Gasteiger partial charge in [0, 0.05) is 12.6 Å². The van der Waals surface area contributed by atoms with Crippen molar-refractivity contribution in [2.24, 2.45) is 11.8 Å². The molecule has 8 nitrogen and oxygen atoms in total. The molecule has 2 saturated heterocycles. The molecule has 4 amide bonds. The first-order chi connectivity index (χ1) is 13.1. The Hall–Kier alpha value is -1.64. The standard InChI is InChI=1S/C19H31N3O5S/c1-13(2)10-21(15-7-9-28(26,27)12-15)16(23)11-22-17(24)19(20-18(22)25)8-5-4-6-14(19)3/h13-15H,4-12H2,1-3H3,(H,20,25)/t14-,15-,19-/m0/s1. The number of imide groups is 1. The SMILES string of the molecule is CC(C)CN(C(=O)CN1C(=O)N[C@]2(CCCC[C@@H]2C)C1=O)[C@H]1CCS(=O)(=O)C1. The topological polar surface area (TPSA) is 104 Å². The molecule has 28 heavy (non-hydrogen) atoms. The predicted molar refractivity (Wildman–Crippen MR) is 104 cm³/mol. The summed E-state index contributed by atoms with van der Waals surface area (Å²) in [5.41, 5.74) is -0.894. The highest BCUT2D eigenvalue weighted by Crippen LogP contribution is 2.38. The molecule has 1 spiro atoms. The Kier molecular flexibility index (Phi) is 5.76. The van der Waals surface area contributed by atoms with Crippen LogP contribution in [0.4, 0.5) is 4.79 Å². The quantitative estimate of drug-likeness (QED) is 0.681. The van der Waals surface area contributed by atoms with E-state index in [1.807, 2.05) is 20.8 Å². The Labute approximate surface area is 166 Å². The Bertz CT molecular complexity index is 766. The summed E-state index contributed by atoms with van der Waals surface area (Å²) in [5, 5.41) is 2.86. The lowest BCUT2D eigenvalue weighted by atomic mass is 9.73. The molecule has 0 radical (unpaired) electrons. The molecular formula is C19H31N3O5S. The third-order valence-electron chi connectivity index (χ3n) is 6.33. The van der Waals surface area contributed by atoms with Crippen molar-refractivity contribution in [1.29, 1.82) is 0 Å². The molecule has 0 unspecified atom stereocenters. The maximum Gasteiger partial charge on any atom is 0.325 e. The van der Waals surface area contributed by atoms with Gasteiger partial charge in [0.2, 0.25) is 5.91 Å². The molecule has 2 heterocycles. The summed E-state index contributed by atoms with van der Waals surface area (Å²) < 4.78 is 23.7. The number of hydrogen-bond acceptors (Lipinski definition) is 5. The predicted octanol–water partition coefficient (Wildman–Crippen LogP) is 1.16. The van der Waals surface area contributed by atoms with Gasteiger partial charge in [-0.15, -0.1) is 0 Å². The molecule has 3 aliphatic rings. The molecule has 1 saturated carbocycles. The van der Waals surface area contributed by atoms with Crippen LogP contribution in [0.15, 0.2) is 0 Å². The van der Waals surface area contributed by atoms with E-state index in [-0.39, 0.29) is 47.7 Å². The van der Waals surface area contributed by atoms with Crippen LogP contribution in [0.5, 0.6) is 0 Å². The van der Waals surface area contributed by atoms with Gasteiger partial charge < -0.3 is 10.2 Å². The lowest BCUT2D eigenvalue weighted by Crippen LogP contribution is -2.54. The van der Waals surface area contributed by atoms with E-state index < -0.39 is 21.4 Å². The van der Waals surface area contributed by atoms with Crippen LogP contribution in [-0.2, 0) is 19.4 Å². The maximum atomic E-state index is 13.1. The zero-order valence-corrected chi connectivity index (χ0v) is 17.8. The lowest BCUT2D eigenvalue weighted by molar-refractivity contribution is -0.141. The molecule has 3 fully saturated rings. The van der Waals surface area contributed by atoms with Gasteiger partial charge in [-0.05, 0) is 31.1 Å². The first kappa shape index (κ1) is 21.1. The van der Waals surface area contributed by atoms with Crippen LogP contribution in [-0.4, -0.2) is 72.2 Å². The van der Waals surface area contributed by atoms with Crippen molar-refractivity contribution in [2.75, 3.05) is 24.6 Å². The molecule has 3 rings (SSSR count). The van der Waals surface area contributed by atoms with Crippen LogP contribution >= 0.6 is 0 Å². The number of carbonyl (C=O) groups excluding carboxylic acids is 3. The number of sulfone groups is 1. The minimum Gasteiger partial charge on any atom is -0.337 e. The molecule has 3 atom stereocenters. The van der Waals surface area contributed by atoms with Crippen molar-refractivity contribution in [2.45, 2.75) is 64.5 Å². The largest absolute Gasteiger partial charge is 0.337 e. The van der Waals surface area contributed by atoms with E-state index in [4.69, 9.17) is 0 Å². The first-order valence-electron chi connectivity index (χ1n) is 10.2. The Balaban J connectivity index is 1.76. The van der Waals surface area contributed by atoms with Crippen LogP contribution in [0, 0.1) is 11.8 Å². The van der Waals surface area contributed by atoms with E-state index in [1.165, 1.54) is 0 Å². The number of nitrogens with one attached hydrogen (secondary N) is 1. The van der Waals surface area contributed by atoms with Crippen LogP contribution in [0.2, 0.25) is 0 Å². The van der Waals surface area contributed by atoms with E-state index in [2.05, 4.69) is 5.32 Å². The van der Waals surface area contributed by atoms with Crippen molar-refractivity contribution in [1.82, 2.24) is 15.1 Å². The molecule has 0 bridgehead atoms. The van der Waals surface area contributed by atoms with Gasteiger partial charge in [-0.1, -0.05) is 33.6 Å². The average Bonchev–Trinajstić information content (AvgIpc) is 3.08. The van der Waals surface area contributed by atoms with Gasteiger partial charge in [-0.25, -0.2) is 13.2 Å². The second kappa shape index (κ2) is 7.65. The molecular weight excluding hydrogens is 382 g/mol. The highest BCUT2D eigenvalue weighted by atomic mass is 32.2. The van der Waals surface area contributed by atoms with Crippen LogP contribution in [0.25, 0.3) is 0 Å². The fourth-order valence-electron chi connectivity index (χ4n) is 4.73. The van der Waals surface area contributed by atoms with Crippen LogP contribution < -0.4 is 5.32 Å². The Morgan fingerprint density at radius 3 is 2.57 bits per heavy atom. The Morgan fingerprint density at radius 2 is 2.00 bits per heavy atom. The summed E-state index contributed by atoms with van der Waals surface area (Å²) in [6.45, 7) is 5.95. The molecule has 9 heteroatoms. The molecule has 0 aromatic heterocycles. The Morgan fingerprint density at radius 1 is 1.29 bits per heavy atom. The van der Waals surface area contributed by atoms with Gasteiger partial charge in [0.25, 0.3) is 5.91 Å². The van der Waals surface area contributed by atoms with E-state index in [0.29, 0.717) is 19.4 Å². The summed E-state index contributed by atoms with van der Waals surface area (Å²) in [4.78, 5) is 41.2. The van der Waals surface area contributed by atoms with Crippen molar-refractivity contribution < 1.29 is 22.8 Å². The number of hydrogen-bond donors (Lipinski definition) is 1. The van der Waals surface area contributed by atoms with Gasteiger partial charge >= 0.3 is 6.03 Å². The van der Waals surface area contributed by atoms with Crippen molar-refractivity contribution in [3.05, 3.63) is 0 Å². The fraction of sp³-hybridized carbons (Fsp3) is 0.842. The minimum absolute atomic E-state index is 0.0320. The fourth-order valence-corrected chi connectivity index (χ4v) is 6.46. The number of amides is 4. The van der Waals surface area contributed by atoms with E-state index in [1.54, 1.807) is 4.90 Å². The van der Waals surface area contributed by atoms with Gasteiger partial charge in [-0.3, -0.25) is 14.5 Å². The first-order valence-corrected chi connectivity index (χ1v) is 12.0. The van der Waals surface area contributed by atoms with Crippen LogP contribution in [0.1, 0.15) is 52.9 Å². The molecule has 0 aromatic carbocycles. The maximum absolute atomic E-state index is 13.1. The summed E-state index contributed by atoms with van der Waals surface area (Å²) in [5.74, 6) is -0.471. The molecule has 1 aliphatic carbocycles. The summed E-state index contributed by atoms with van der Waals surface area (Å²) >= 11 is 0. The molecule has 0 aromatic rings. The number of rotatable bonds is 5. The summed E-state index contributed by atoms with van der Waals surface area (Å²) in [6.07, 6.45) is 3.77. The lowest BCUT2D eigenvalue weighted by Gasteiger charge is -2.37. The number of carbonyl (C=O) groups is 3. The van der Waals surface area contributed by atoms with Crippen molar-refractivity contribution >= 4 is 27.7 Å². The van der Waals surface area contributed by atoms with Crippen molar-refractivity contribution in [3.8, 4) is 0 Å². The van der Waals surface area contributed by atoms with E-state index >= 15 is 0 Å². The molecule has 158 valence electrons. The third kappa shape index (κ3) is 3.90. The third-order valence-corrected chi connectivity index (χ3v) is 8.08. The molecule has 2 aliphatic heterocycles. The highest BCUT2D eigenvalue weighted by molar-refractivity contribution is 7.91. The van der Waals surface area contributed by atoms with E-state index in [0.717, 1.165) is 24.2 Å². The summed E-state index contributed by atoms with van der Waals surface area (Å²) in [7, 11) is -3.14. The normalized spacial score (nSPS) is 32.2. The monoisotopic (exact) mass is 413 g/mol. The van der Waals surface area contributed by atoms with Gasteiger partial charge in [0.1, 0.15) is 12.1 Å². The van der Waals surface area contributed by atoms with Crippen LogP contribution in [0.3, 0.4) is 0 Å². The zero-order chi connectivity index (χ0) is 20.7. The zero-order valence-electron chi connectivity index (χ0n) is 16.9. The smallest absolute Gasteiger partial charge is 0.325 e.